The number of aromatic nitrogens is 2. The maximum atomic E-state index is 5.81. The minimum atomic E-state index is -0.142. The summed E-state index contributed by atoms with van der Waals surface area (Å²) < 4.78 is 0. The number of rotatable bonds is 4. The van der Waals surface area contributed by atoms with E-state index in [0.29, 0.717) is 12.5 Å². The largest absolute Gasteiger partial charge is 0.362 e. The van der Waals surface area contributed by atoms with Crippen LogP contribution in [0.2, 0.25) is 0 Å². The van der Waals surface area contributed by atoms with Crippen molar-refractivity contribution in [2.45, 2.75) is 40.2 Å². The molecule has 1 atom stereocenters. The third-order valence-electron chi connectivity index (χ3n) is 3.30. The van der Waals surface area contributed by atoms with Crippen LogP contribution < -0.4 is 11.1 Å². The quantitative estimate of drug-likeness (QED) is 0.816. The number of nitrogens with one attached hydrogen (secondary N) is 1. The van der Waals surface area contributed by atoms with Crippen LogP contribution in [0.15, 0.2) is 6.20 Å². The minimum absolute atomic E-state index is 0.142. The van der Waals surface area contributed by atoms with Gasteiger partial charge in [0, 0.05) is 6.54 Å². The van der Waals surface area contributed by atoms with Crippen LogP contribution >= 0.6 is 0 Å². The van der Waals surface area contributed by atoms with Crippen molar-refractivity contribution in [3.05, 3.63) is 17.6 Å². The molecule has 3 N–H and O–H groups in total. The number of nitrogens with two attached hydrogens (primary N) is 1. The highest BCUT2D eigenvalue weighted by Gasteiger charge is 2.26. The summed E-state index contributed by atoms with van der Waals surface area (Å²) in [7, 11) is 0. The molecule has 1 rings (SSSR count). The maximum absolute atomic E-state index is 5.81. The normalized spacial score (nSPS) is 14.9. The van der Waals surface area contributed by atoms with Crippen LogP contribution in [0, 0.1) is 19.8 Å². The molecule has 1 aromatic rings. The van der Waals surface area contributed by atoms with Crippen LogP contribution in [0.1, 0.15) is 32.2 Å². The van der Waals surface area contributed by atoms with Gasteiger partial charge in [0.25, 0.3) is 0 Å². The summed E-state index contributed by atoms with van der Waals surface area (Å²) in [6, 6.07) is 0. The lowest BCUT2D eigenvalue weighted by atomic mass is 9.88. The average molecular weight is 222 g/mol. The van der Waals surface area contributed by atoms with Crippen molar-refractivity contribution in [3.8, 4) is 0 Å². The lowest BCUT2D eigenvalue weighted by molar-refractivity contribution is 0.381. The van der Waals surface area contributed by atoms with Crippen molar-refractivity contribution in [1.82, 2.24) is 9.97 Å². The highest BCUT2D eigenvalue weighted by atomic mass is 15.1. The molecule has 0 bridgehead atoms. The van der Waals surface area contributed by atoms with Gasteiger partial charge in [0.1, 0.15) is 5.82 Å². The van der Waals surface area contributed by atoms with Gasteiger partial charge in [-0.05, 0) is 26.7 Å². The van der Waals surface area contributed by atoms with E-state index in [1.807, 2.05) is 13.8 Å². The molecular weight excluding hydrogens is 200 g/mol. The van der Waals surface area contributed by atoms with Gasteiger partial charge in [0.15, 0.2) is 0 Å². The first kappa shape index (κ1) is 12.9. The zero-order chi connectivity index (χ0) is 12.3. The van der Waals surface area contributed by atoms with Gasteiger partial charge >= 0.3 is 0 Å². The number of hydrogen-bond acceptors (Lipinski definition) is 4. The van der Waals surface area contributed by atoms with Gasteiger partial charge in [-0.2, -0.15) is 0 Å². The van der Waals surface area contributed by atoms with E-state index < -0.39 is 0 Å². The Morgan fingerprint density at radius 2 is 2.00 bits per heavy atom. The topological polar surface area (TPSA) is 63.8 Å². The molecule has 1 aromatic heterocycles. The molecule has 0 aromatic carbocycles. The standard InChI is InChI=1S/C12H22N4/c1-8(2)12(5,7-13)16-11-6-14-9(3)10(4)15-11/h6,8H,7,13H2,1-5H3,(H,15,16). The number of anilines is 1. The van der Waals surface area contributed by atoms with Crippen LogP contribution in [0.3, 0.4) is 0 Å². The molecule has 0 saturated heterocycles. The van der Waals surface area contributed by atoms with Crippen molar-refractivity contribution in [1.29, 1.82) is 0 Å². The van der Waals surface area contributed by atoms with Gasteiger partial charge in [0.05, 0.1) is 23.1 Å². The molecule has 0 spiro atoms. The summed E-state index contributed by atoms with van der Waals surface area (Å²) in [5, 5.41) is 3.37. The van der Waals surface area contributed by atoms with Crippen molar-refractivity contribution in [2.75, 3.05) is 11.9 Å². The molecule has 1 unspecified atom stereocenters. The van der Waals surface area contributed by atoms with Crippen LogP contribution in [0.25, 0.3) is 0 Å². The number of aryl methyl sites for hydroxylation is 2. The Morgan fingerprint density at radius 3 is 2.44 bits per heavy atom. The van der Waals surface area contributed by atoms with E-state index in [9.17, 15) is 0 Å². The Kier molecular flexibility index (Phi) is 3.86. The van der Waals surface area contributed by atoms with E-state index in [0.717, 1.165) is 17.2 Å². The number of hydrogen-bond donors (Lipinski definition) is 2. The lowest BCUT2D eigenvalue weighted by Gasteiger charge is -2.34. The first-order valence-corrected chi connectivity index (χ1v) is 5.67. The van der Waals surface area contributed by atoms with Crippen LogP contribution in [0.5, 0.6) is 0 Å². The van der Waals surface area contributed by atoms with Gasteiger partial charge in [-0.1, -0.05) is 13.8 Å². The zero-order valence-corrected chi connectivity index (χ0v) is 10.8. The fourth-order valence-corrected chi connectivity index (χ4v) is 1.33. The molecular formula is C12H22N4. The minimum Gasteiger partial charge on any atom is -0.362 e. The molecule has 0 aliphatic carbocycles. The molecule has 0 aliphatic rings. The van der Waals surface area contributed by atoms with Crippen molar-refractivity contribution >= 4 is 5.82 Å². The van der Waals surface area contributed by atoms with E-state index >= 15 is 0 Å². The summed E-state index contributed by atoms with van der Waals surface area (Å²) in [4.78, 5) is 8.75. The highest BCUT2D eigenvalue weighted by molar-refractivity contribution is 5.37. The van der Waals surface area contributed by atoms with Gasteiger partial charge < -0.3 is 11.1 Å². The van der Waals surface area contributed by atoms with Gasteiger partial charge in [-0.15, -0.1) is 0 Å². The Hall–Kier alpha value is -1.16. The molecule has 0 saturated carbocycles. The monoisotopic (exact) mass is 222 g/mol. The number of nitrogens with zero attached hydrogens (tertiary/aromatic N) is 2. The second-order valence-corrected chi connectivity index (χ2v) is 4.83. The van der Waals surface area contributed by atoms with Crippen LogP contribution in [0.4, 0.5) is 5.82 Å². The van der Waals surface area contributed by atoms with E-state index in [2.05, 4.69) is 36.1 Å². The lowest BCUT2D eigenvalue weighted by Crippen LogP contribution is -2.47. The fraction of sp³-hybridized carbons (Fsp3) is 0.667. The summed E-state index contributed by atoms with van der Waals surface area (Å²) in [5.74, 6) is 1.23. The Bertz CT molecular complexity index is 362. The maximum Gasteiger partial charge on any atom is 0.145 e. The second kappa shape index (κ2) is 4.78. The zero-order valence-electron chi connectivity index (χ0n) is 10.8. The third-order valence-corrected chi connectivity index (χ3v) is 3.30. The van der Waals surface area contributed by atoms with Gasteiger partial charge in [-0.3, -0.25) is 4.98 Å². The molecule has 16 heavy (non-hydrogen) atoms. The Morgan fingerprint density at radius 1 is 1.38 bits per heavy atom. The molecule has 0 amide bonds. The summed E-state index contributed by atoms with van der Waals surface area (Å²) in [6.45, 7) is 10.9. The van der Waals surface area contributed by atoms with Crippen molar-refractivity contribution < 1.29 is 0 Å². The van der Waals surface area contributed by atoms with Crippen LogP contribution in [-0.2, 0) is 0 Å². The van der Waals surface area contributed by atoms with E-state index in [1.54, 1.807) is 6.20 Å². The fourth-order valence-electron chi connectivity index (χ4n) is 1.33. The summed E-state index contributed by atoms with van der Waals surface area (Å²) in [5.41, 5.74) is 7.59. The molecule has 0 radical (unpaired) electrons. The molecule has 4 nitrogen and oxygen atoms in total. The summed E-state index contributed by atoms with van der Waals surface area (Å²) in [6.07, 6.45) is 1.76. The SMILES string of the molecule is Cc1ncc(NC(C)(CN)C(C)C)nc1C. The third kappa shape index (κ3) is 2.70. The van der Waals surface area contributed by atoms with Gasteiger partial charge in [0.2, 0.25) is 0 Å². The molecule has 1 heterocycles. The van der Waals surface area contributed by atoms with Crippen LogP contribution in [-0.4, -0.2) is 22.1 Å². The van der Waals surface area contributed by atoms with E-state index in [1.165, 1.54) is 0 Å². The highest BCUT2D eigenvalue weighted by Crippen LogP contribution is 2.20. The molecule has 0 aliphatic heterocycles. The summed E-state index contributed by atoms with van der Waals surface area (Å²) >= 11 is 0. The second-order valence-electron chi connectivity index (χ2n) is 4.83. The van der Waals surface area contributed by atoms with E-state index in [4.69, 9.17) is 5.73 Å². The Labute approximate surface area is 97.7 Å². The molecule has 90 valence electrons. The average Bonchev–Trinajstić information content (AvgIpc) is 2.23. The van der Waals surface area contributed by atoms with Crippen molar-refractivity contribution in [3.63, 3.8) is 0 Å². The Balaban J connectivity index is 2.90. The van der Waals surface area contributed by atoms with Gasteiger partial charge in [-0.25, -0.2) is 4.98 Å². The molecule has 0 fully saturated rings. The first-order valence-electron chi connectivity index (χ1n) is 5.67. The van der Waals surface area contributed by atoms with E-state index in [-0.39, 0.29) is 5.54 Å². The first-order chi connectivity index (χ1) is 7.39. The predicted molar refractivity (Wildman–Crippen MR) is 67.4 cm³/mol. The smallest absolute Gasteiger partial charge is 0.145 e. The molecule has 4 heteroatoms. The predicted octanol–water partition coefficient (Wildman–Crippen LogP) is 1.88. The van der Waals surface area contributed by atoms with Crippen molar-refractivity contribution in [2.24, 2.45) is 11.7 Å².